The summed E-state index contributed by atoms with van der Waals surface area (Å²) in [6.45, 7) is 0. The van der Waals surface area contributed by atoms with Crippen molar-refractivity contribution in [2.45, 2.75) is 48.6 Å². The van der Waals surface area contributed by atoms with Crippen LogP contribution < -0.4 is 0 Å². The third-order valence-corrected chi connectivity index (χ3v) is 4.55. The molecule has 3 atom stereocenters. The van der Waals surface area contributed by atoms with Crippen LogP contribution in [0.1, 0.15) is 38.5 Å². The number of halogens is 1. The van der Waals surface area contributed by atoms with Gasteiger partial charge in [-0.15, -0.1) is 0 Å². The molecular weight excluding hydrogens is 279 g/mol. The fourth-order valence-corrected chi connectivity index (χ4v) is 3.32. The van der Waals surface area contributed by atoms with Gasteiger partial charge in [0.2, 0.25) is 0 Å². The van der Waals surface area contributed by atoms with Crippen LogP contribution in [0.25, 0.3) is 0 Å². The summed E-state index contributed by atoms with van der Waals surface area (Å²) in [6.07, 6.45) is 7.68. The standard InChI is InChI=1S/C10H15IO2/c11-9-7-5-3-1-2-4-6-8(7)13-10(9)12/h7-9H,1-6H2. The van der Waals surface area contributed by atoms with E-state index in [0.717, 1.165) is 6.42 Å². The fourth-order valence-electron chi connectivity index (χ4n) is 2.35. The molecule has 74 valence electrons. The molecule has 1 saturated heterocycles. The third-order valence-electron chi connectivity index (χ3n) is 3.12. The fraction of sp³-hybridized carbons (Fsp3) is 0.900. The Morgan fingerprint density at radius 3 is 2.62 bits per heavy atom. The molecule has 2 nitrogen and oxygen atoms in total. The number of esters is 1. The van der Waals surface area contributed by atoms with Crippen LogP contribution in [0.5, 0.6) is 0 Å². The Labute approximate surface area is 92.5 Å². The predicted molar refractivity (Wildman–Crippen MR) is 58.9 cm³/mol. The highest BCUT2D eigenvalue weighted by atomic mass is 127. The van der Waals surface area contributed by atoms with E-state index in [-0.39, 0.29) is 16.0 Å². The van der Waals surface area contributed by atoms with Crippen molar-refractivity contribution in [3.8, 4) is 0 Å². The minimum absolute atomic E-state index is 0.0255. The first-order valence-corrected chi connectivity index (χ1v) is 6.38. The van der Waals surface area contributed by atoms with Gasteiger partial charge < -0.3 is 4.74 Å². The van der Waals surface area contributed by atoms with Gasteiger partial charge in [-0.1, -0.05) is 41.9 Å². The van der Waals surface area contributed by atoms with Crippen molar-refractivity contribution in [2.24, 2.45) is 5.92 Å². The van der Waals surface area contributed by atoms with Crippen molar-refractivity contribution >= 4 is 28.6 Å². The lowest BCUT2D eigenvalue weighted by Gasteiger charge is -2.21. The van der Waals surface area contributed by atoms with Crippen LogP contribution in [0.2, 0.25) is 0 Å². The molecule has 0 aromatic heterocycles. The number of hydrogen-bond donors (Lipinski definition) is 0. The van der Waals surface area contributed by atoms with E-state index in [4.69, 9.17) is 4.74 Å². The van der Waals surface area contributed by atoms with E-state index in [1.165, 1.54) is 32.1 Å². The van der Waals surface area contributed by atoms with E-state index in [0.29, 0.717) is 5.92 Å². The molecule has 2 rings (SSSR count). The lowest BCUT2D eigenvalue weighted by atomic mass is 9.88. The molecule has 0 aromatic carbocycles. The van der Waals surface area contributed by atoms with Crippen LogP contribution in [-0.4, -0.2) is 16.0 Å². The van der Waals surface area contributed by atoms with E-state index in [1.54, 1.807) is 0 Å². The summed E-state index contributed by atoms with van der Waals surface area (Å²) in [5.74, 6) is 0.533. The quantitative estimate of drug-likeness (QED) is 0.390. The molecule has 13 heavy (non-hydrogen) atoms. The maximum atomic E-state index is 11.3. The van der Waals surface area contributed by atoms with Gasteiger partial charge in [-0.25, -0.2) is 0 Å². The molecule has 2 fully saturated rings. The number of ether oxygens (including phenoxy) is 1. The Kier molecular flexibility index (Phi) is 3.11. The van der Waals surface area contributed by atoms with Crippen LogP contribution in [0, 0.1) is 5.92 Å². The first-order valence-electron chi connectivity index (χ1n) is 5.13. The second-order valence-electron chi connectivity index (χ2n) is 4.03. The maximum Gasteiger partial charge on any atom is 0.319 e. The largest absolute Gasteiger partial charge is 0.461 e. The Morgan fingerprint density at radius 1 is 1.15 bits per heavy atom. The van der Waals surface area contributed by atoms with Gasteiger partial charge in [-0.2, -0.15) is 0 Å². The van der Waals surface area contributed by atoms with Gasteiger partial charge in [-0.05, 0) is 19.3 Å². The number of hydrogen-bond acceptors (Lipinski definition) is 2. The Bertz CT molecular complexity index is 205. The molecule has 1 heterocycles. The van der Waals surface area contributed by atoms with Crippen LogP contribution >= 0.6 is 22.6 Å². The summed E-state index contributed by atoms with van der Waals surface area (Å²) < 4.78 is 5.49. The highest BCUT2D eigenvalue weighted by Crippen LogP contribution is 2.36. The summed E-state index contributed by atoms with van der Waals surface area (Å²) in [5, 5.41) is 0. The number of alkyl halides is 1. The monoisotopic (exact) mass is 294 g/mol. The van der Waals surface area contributed by atoms with E-state index < -0.39 is 0 Å². The van der Waals surface area contributed by atoms with Crippen LogP contribution in [0.4, 0.5) is 0 Å². The smallest absolute Gasteiger partial charge is 0.319 e. The van der Waals surface area contributed by atoms with Crippen molar-refractivity contribution in [3.05, 3.63) is 0 Å². The number of carbonyl (C=O) groups is 1. The van der Waals surface area contributed by atoms with Gasteiger partial charge in [0.05, 0.1) is 0 Å². The second-order valence-corrected chi connectivity index (χ2v) is 5.37. The number of fused-ring (bicyclic) bond motifs is 1. The summed E-state index contributed by atoms with van der Waals surface area (Å²) in [4.78, 5) is 11.3. The maximum absolute atomic E-state index is 11.3. The molecule has 1 aliphatic carbocycles. The molecule has 1 aliphatic heterocycles. The van der Waals surface area contributed by atoms with E-state index >= 15 is 0 Å². The van der Waals surface area contributed by atoms with Crippen LogP contribution in [0.15, 0.2) is 0 Å². The summed E-state index contributed by atoms with van der Waals surface area (Å²) in [7, 11) is 0. The minimum Gasteiger partial charge on any atom is -0.461 e. The molecule has 0 spiro atoms. The summed E-state index contributed by atoms with van der Waals surface area (Å²) in [6, 6.07) is 0. The molecule has 1 saturated carbocycles. The molecule has 0 amide bonds. The lowest BCUT2D eigenvalue weighted by Crippen LogP contribution is -2.22. The first kappa shape index (κ1) is 9.74. The van der Waals surface area contributed by atoms with Gasteiger partial charge in [0.1, 0.15) is 10.0 Å². The molecule has 3 unspecified atom stereocenters. The molecule has 3 heteroatoms. The third kappa shape index (κ3) is 2.00. The Balaban J connectivity index is 2.04. The number of carbonyl (C=O) groups excluding carboxylic acids is 1. The SMILES string of the molecule is O=C1OC2CCCCCCC2C1I. The van der Waals surface area contributed by atoms with Crippen molar-refractivity contribution < 1.29 is 9.53 Å². The summed E-state index contributed by atoms with van der Waals surface area (Å²) in [5.41, 5.74) is 0. The van der Waals surface area contributed by atoms with Gasteiger partial charge in [0, 0.05) is 5.92 Å². The van der Waals surface area contributed by atoms with E-state index in [9.17, 15) is 4.79 Å². The van der Waals surface area contributed by atoms with Gasteiger partial charge >= 0.3 is 5.97 Å². The number of rotatable bonds is 0. The normalized spacial score (nSPS) is 40.4. The average Bonchev–Trinajstić information content (AvgIpc) is 2.31. The molecule has 0 N–H and O–H groups in total. The van der Waals surface area contributed by atoms with E-state index in [2.05, 4.69) is 22.6 Å². The summed E-state index contributed by atoms with van der Waals surface area (Å²) >= 11 is 2.25. The highest BCUT2D eigenvalue weighted by Gasteiger charge is 2.42. The van der Waals surface area contributed by atoms with Gasteiger partial charge in [0.15, 0.2) is 0 Å². The zero-order valence-electron chi connectivity index (χ0n) is 7.67. The molecular formula is C10H15IO2. The Hall–Kier alpha value is 0.200. The van der Waals surface area contributed by atoms with E-state index in [1.807, 2.05) is 0 Å². The van der Waals surface area contributed by atoms with Crippen molar-refractivity contribution in [2.75, 3.05) is 0 Å². The first-order chi connectivity index (χ1) is 6.29. The minimum atomic E-state index is 0.0255. The van der Waals surface area contributed by atoms with Crippen molar-refractivity contribution in [3.63, 3.8) is 0 Å². The Morgan fingerprint density at radius 2 is 1.85 bits per heavy atom. The second kappa shape index (κ2) is 4.15. The van der Waals surface area contributed by atoms with Crippen LogP contribution in [0.3, 0.4) is 0 Å². The molecule has 2 aliphatic rings. The zero-order valence-corrected chi connectivity index (χ0v) is 9.83. The van der Waals surface area contributed by atoms with Gasteiger partial charge in [-0.3, -0.25) is 4.79 Å². The van der Waals surface area contributed by atoms with Crippen molar-refractivity contribution in [1.29, 1.82) is 0 Å². The highest BCUT2D eigenvalue weighted by molar-refractivity contribution is 14.1. The van der Waals surface area contributed by atoms with Gasteiger partial charge in [0.25, 0.3) is 0 Å². The zero-order chi connectivity index (χ0) is 9.26. The average molecular weight is 294 g/mol. The molecule has 0 radical (unpaired) electrons. The van der Waals surface area contributed by atoms with Crippen molar-refractivity contribution in [1.82, 2.24) is 0 Å². The molecule has 0 bridgehead atoms. The van der Waals surface area contributed by atoms with Crippen LogP contribution in [-0.2, 0) is 9.53 Å². The molecule has 0 aromatic rings. The topological polar surface area (TPSA) is 26.3 Å². The predicted octanol–water partition coefficient (Wildman–Crippen LogP) is 2.69. The lowest BCUT2D eigenvalue weighted by molar-refractivity contribution is -0.141.